The predicted molar refractivity (Wildman–Crippen MR) is 88.4 cm³/mol. The van der Waals surface area contributed by atoms with Crippen LogP contribution in [-0.2, 0) is 4.79 Å². The summed E-state index contributed by atoms with van der Waals surface area (Å²) in [4.78, 5) is 11.2. The number of ether oxygens (including phenoxy) is 2. The lowest BCUT2D eigenvalue weighted by Gasteiger charge is -2.19. The molecule has 1 rings (SSSR count). The molecule has 18 heavy (non-hydrogen) atoms. The molecule has 3 nitrogen and oxygen atoms in total. The number of methoxy groups -OCH3 is 1. The summed E-state index contributed by atoms with van der Waals surface area (Å²) in [5, 5.41) is 0. The Morgan fingerprint density at radius 3 is 2.44 bits per heavy atom. The van der Waals surface area contributed by atoms with Gasteiger partial charge < -0.3 is 9.47 Å². The lowest BCUT2D eigenvalue weighted by atomic mass is 9.97. The average Bonchev–Trinajstić information content (AvgIpc) is 2.31. The highest BCUT2D eigenvalue weighted by molar-refractivity contribution is 14.1. The predicted octanol–water partition coefficient (Wildman–Crippen LogP) is 4.34. The summed E-state index contributed by atoms with van der Waals surface area (Å²) in [5.41, 5.74) is 1.06. The van der Waals surface area contributed by atoms with Crippen LogP contribution in [0.15, 0.2) is 6.07 Å². The molecule has 1 aromatic carbocycles. The van der Waals surface area contributed by atoms with Crippen molar-refractivity contribution >= 4 is 51.2 Å². The van der Waals surface area contributed by atoms with E-state index in [0.717, 1.165) is 24.9 Å². The summed E-state index contributed by atoms with van der Waals surface area (Å²) >= 11 is 4.41. The smallest absolute Gasteiger partial charge is 0.308 e. The van der Waals surface area contributed by atoms with Crippen LogP contribution >= 0.6 is 45.2 Å². The van der Waals surface area contributed by atoms with Crippen molar-refractivity contribution in [3.8, 4) is 11.5 Å². The molecular formula is C13H16I2O3. The number of rotatable bonds is 4. The van der Waals surface area contributed by atoms with Crippen molar-refractivity contribution in [1.82, 2.24) is 0 Å². The van der Waals surface area contributed by atoms with Gasteiger partial charge in [0.05, 0.1) is 14.3 Å². The van der Waals surface area contributed by atoms with Crippen molar-refractivity contribution in [2.75, 3.05) is 7.11 Å². The quantitative estimate of drug-likeness (QED) is 0.370. The van der Waals surface area contributed by atoms with Gasteiger partial charge in [0, 0.05) is 12.5 Å². The van der Waals surface area contributed by atoms with E-state index in [1.807, 2.05) is 6.07 Å². The minimum atomic E-state index is -0.305. The number of halogens is 2. The zero-order valence-electron chi connectivity index (χ0n) is 10.8. The summed E-state index contributed by atoms with van der Waals surface area (Å²) in [7, 11) is 1.63. The maximum absolute atomic E-state index is 11.2. The van der Waals surface area contributed by atoms with E-state index >= 15 is 0 Å². The van der Waals surface area contributed by atoms with Gasteiger partial charge in [-0.05, 0) is 63.6 Å². The summed E-state index contributed by atoms with van der Waals surface area (Å²) in [6, 6.07) is 2.04. The average molecular weight is 474 g/mol. The molecule has 5 heteroatoms. The Labute approximate surface area is 135 Å². The Morgan fingerprint density at radius 1 is 1.39 bits per heavy atom. The van der Waals surface area contributed by atoms with Gasteiger partial charge in [-0.2, -0.15) is 0 Å². The highest BCUT2D eigenvalue weighted by Crippen LogP contribution is 2.41. The lowest BCUT2D eigenvalue weighted by molar-refractivity contribution is -0.132. The Morgan fingerprint density at radius 2 is 2.00 bits per heavy atom. The van der Waals surface area contributed by atoms with Crippen LogP contribution in [0.5, 0.6) is 11.5 Å². The Balaban J connectivity index is 3.44. The van der Waals surface area contributed by atoms with Gasteiger partial charge in [0.2, 0.25) is 0 Å². The Hall–Kier alpha value is -0.0500. The maximum Gasteiger partial charge on any atom is 0.308 e. The first-order valence-corrected chi connectivity index (χ1v) is 7.82. The fourth-order valence-corrected chi connectivity index (χ4v) is 3.90. The Bertz CT molecular complexity index is 458. The molecule has 0 heterocycles. The largest absolute Gasteiger partial charge is 0.494 e. The van der Waals surface area contributed by atoms with Gasteiger partial charge in [0.25, 0.3) is 0 Å². The highest BCUT2D eigenvalue weighted by Gasteiger charge is 2.21. The first-order valence-electron chi connectivity index (χ1n) is 5.66. The van der Waals surface area contributed by atoms with Crippen LogP contribution < -0.4 is 9.47 Å². The number of esters is 1. The van der Waals surface area contributed by atoms with E-state index in [2.05, 4.69) is 59.0 Å². The summed E-state index contributed by atoms with van der Waals surface area (Å²) in [6.45, 7) is 5.66. The molecule has 100 valence electrons. The molecule has 1 atom stereocenters. The number of hydrogen-bond acceptors (Lipinski definition) is 3. The number of hydrogen-bond donors (Lipinski definition) is 0. The van der Waals surface area contributed by atoms with Crippen molar-refractivity contribution in [2.45, 2.75) is 33.1 Å². The van der Waals surface area contributed by atoms with E-state index in [4.69, 9.17) is 9.47 Å². The van der Waals surface area contributed by atoms with E-state index in [0.29, 0.717) is 11.7 Å². The fourth-order valence-electron chi connectivity index (χ4n) is 1.62. The molecule has 0 aliphatic rings. The molecular weight excluding hydrogens is 458 g/mol. The van der Waals surface area contributed by atoms with E-state index in [1.54, 1.807) is 7.11 Å². The van der Waals surface area contributed by atoms with Gasteiger partial charge in [0.1, 0.15) is 5.75 Å². The molecule has 0 saturated carbocycles. The highest BCUT2D eigenvalue weighted by atomic mass is 127. The normalized spacial score (nSPS) is 12.1. The lowest BCUT2D eigenvalue weighted by Crippen LogP contribution is -2.09. The number of carbonyl (C=O) groups excluding carboxylic acids is 1. The third-order valence-electron chi connectivity index (χ3n) is 2.75. The topological polar surface area (TPSA) is 35.5 Å². The third-order valence-corrected chi connectivity index (χ3v) is 4.53. The minimum absolute atomic E-state index is 0.305. The number of carbonyl (C=O) groups is 1. The second kappa shape index (κ2) is 6.93. The van der Waals surface area contributed by atoms with Crippen molar-refractivity contribution in [1.29, 1.82) is 0 Å². The van der Waals surface area contributed by atoms with Crippen molar-refractivity contribution in [2.24, 2.45) is 0 Å². The standard InChI is InChI=1S/C13H16I2O3/c1-5-7(2)9-6-10(14)13(17-4)11(15)12(9)18-8(3)16/h6-7H,5H2,1-4H3. The summed E-state index contributed by atoms with van der Waals surface area (Å²) < 4.78 is 12.6. The van der Waals surface area contributed by atoms with Gasteiger partial charge in [0.15, 0.2) is 5.75 Å². The van der Waals surface area contributed by atoms with Gasteiger partial charge in [-0.15, -0.1) is 0 Å². The molecule has 0 aliphatic carbocycles. The van der Waals surface area contributed by atoms with Crippen LogP contribution in [0.4, 0.5) is 0 Å². The molecule has 0 aliphatic heterocycles. The van der Waals surface area contributed by atoms with Crippen molar-refractivity contribution in [3.05, 3.63) is 18.8 Å². The zero-order chi connectivity index (χ0) is 13.9. The van der Waals surface area contributed by atoms with Crippen LogP contribution in [-0.4, -0.2) is 13.1 Å². The van der Waals surface area contributed by atoms with Crippen LogP contribution in [0, 0.1) is 7.14 Å². The van der Waals surface area contributed by atoms with Gasteiger partial charge >= 0.3 is 5.97 Å². The number of benzene rings is 1. The fraction of sp³-hybridized carbons (Fsp3) is 0.462. The van der Waals surface area contributed by atoms with E-state index < -0.39 is 0 Å². The molecule has 1 aromatic rings. The van der Waals surface area contributed by atoms with Crippen LogP contribution in [0.1, 0.15) is 38.7 Å². The SMILES string of the molecule is CCC(C)c1cc(I)c(OC)c(I)c1OC(C)=O. The van der Waals surface area contributed by atoms with Gasteiger partial charge in [-0.3, -0.25) is 4.79 Å². The van der Waals surface area contributed by atoms with E-state index in [1.165, 1.54) is 6.92 Å². The molecule has 0 saturated heterocycles. The van der Waals surface area contributed by atoms with Gasteiger partial charge in [-0.1, -0.05) is 13.8 Å². The molecule has 0 aromatic heterocycles. The molecule has 0 bridgehead atoms. The third kappa shape index (κ3) is 3.49. The molecule has 0 N–H and O–H groups in total. The van der Waals surface area contributed by atoms with Crippen molar-refractivity contribution < 1.29 is 14.3 Å². The summed E-state index contributed by atoms with van der Waals surface area (Å²) in [6.07, 6.45) is 0.993. The van der Waals surface area contributed by atoms with E-state index in [-0.39, 0.29) is 5.97 Å². The Kier molecular flexibility index (Phi) is 6.16. The molecule has 0 amide bonds. The van der Waals surface area contributed by atoms with Crippen LogP contribution in [0.25, 0.3) is 0 Å². The molecule has 0 radical (unpaired) electrons. The van der Waals surface area contributed by atoms with Gasteiger partial charge in [-0.25, -0.2) is 0 Å². The zero-order valence-corrected chi connectivity index (χ0v) is 15.2. The second-order valence-electron chi connectivity index (χ2n) is 4.03. The maximum atomic E-state index is 11.2. The van der Waals surface area contributed by atoms with Crippen molar-refractivity contribution in [3.63, 3.8) is 0 Å². The first kappa shape index (κ1) is 16.0. The summed E-state index contributed by atoms with van der Waals surface area (Å²) in [5.74, 6) is 1.43. The monoisotopic (exact) mass is 474 g/mol. The second-order valence-corrected chi connectivity index (χ2v) is 6.27. The van der Waals surface area contributed by atoms with Crippen LogP contribution in [0.3, 0.4) is 0 Å². The first-order chi connectivity index (χ1) is 8.42. The van der Waals surface area contributed by atoms with E-state index in [9.17, 15) is 4.79 Å². The molecule has 1 unspecified atom stereocenters. The minimum Gasteiger partial charge on any atom is -0.494 e. The molecule has 0 fully saturated rings. The molecule has 0 spiro atoms. The van der Waals surface area contributed by atoms with Crippen LogP contribution in [0.2, 0.25) is 0 Å².